The molecule has 1 atom stereocenters. The SMILES string of the molecule is CCOC(=O)C(CC(NC(C)=O)c1cc(C)cc(-n2c(C)ccc2C)n1)C(=O)OCC. The van der Waals surface area contributed by atoms with E-state index in [1.165, 1.54) is 6.92 Å². The third-order valence-corrected chi connectivity index (χ3v) is 4.82. The molecule has 0 bridgehead atoms. The van der Waals surface area contributed by atoms with Crippen molar-refractivity contribution in [2.75, 3.05) is 13.2 Å². The molecular formula is C23H31N3O5. The Labute approximate surface area is 182 Å². The van der Waals surface area contributed by atoms with Gasteiger partial charge in [0.25, 0.3) is 0 Å². The number of hydrogen-bond donors (Lipinski definition) is 1. The quantitative estimate of drug-likeness (QED) is 0.486. The van der Waals surface area contributed by atoms with E-state index >= 15 is 0 Å². The second-order valence-electron chi connectivity index (χ2n) is 7.42. The Bertz CT molecular complexity index is 913. The fraction of sp³-hybridized carbons (Fsp3) is 0.478. The predicted octanol–water partition coefficient (Wildman–Crippen LogP) is 3.11. The molecule has 0 aromatic carbocycles. The number of ether oxygens (including phenoxy) is 2. The van der Waals surface area contributed by atoms with Crippen molar-refractivity contribution in [2.45, 2.75) is 54.0 Å². The number of carbonyl (C=O) groups is 3. The molecule has 31 heavy (non-hydrogen) atoms. The molecule has 0 saturated carbocycles. The third-order valence-electron chi connectivity index (χ3n) is 4.82. The van der Waals surface area contributed by atoms with Crippen LogP contribution in [0.4, 0.5) is 0 Å². The Morgan fingerprint density at radius 2 is 1.55 bits per heavy atom. The fourth-order valence-electron chi connectivity index (χ4n) is 3.51. The van der Waals surface area contributed by atoms with E-state index in [0.29, 0.717) is 11.5 Å². The molecular weight excluding hydrogens is 398 g/mol. The Hall–Kier alpha value is -3.16. The summed E-state index contributed by atoms with van der Waals surface area (Å²) < 4.78 is 12.2. The average molecular weight is 430 g/mol. The molecule has 1 unspecified atom stereocenters. The molecule has 0 fully saturated rings. The van der Waals surface area contributed by atoms with Gasteiger partial charge in [0.15, 0.2) is 5.92 Å². The smallest absolute Gasteiger partial charge is 0.320 e. The molecule has 2 aromatic heterocycles. The number of hydrogen-bond acceptors (Lipinski definition) is 6. The van der Waals surface area contributed by atoms with Crippen LogP contribution in [-0.4, -0.2) is 40.6 Å². The van der Waals surface area contributed by atoms with Crippen molar-refractivity contribution in [2.24, 2.45) is 5.92 Å². The second kappa shape index (κ2) is 10.7. The Morgan fingerprint density at radius 3 is 2.03 bits per heavy atom. The van der Waals surface area contributed by atoms with Crippen LogP contribution in [0.3, 0.4) is 0 Å². The van der Waals surface area contributed by atoms with E-state index in [4.69, 9.17) is 14.5 Å². The zero-order chi connectivity index (χ0) is 23.1. The van der Waals surface area contributed by atoms with Crippen LogP contribution in [0, 0.1) is 26.7 Å². The van der Waals surface area contributed by atoms with E-state index < -0.39 is 23.9 Å². The summed E-state index contributed by atoms with van der Waals surface area (Å²) in [4.78, 5) is 41.6. The summed E-state index contributed by atoms with van der Waals surface area (Å²) in [6.45, 7) is 10.9. The first-order chi connectivity index (χ1) is 14.7. The van der Waals surface area contributed by atoms with E-state index in [9.17, 15) is 14.4 Å². The Morgan fingerprint density at radius 1 is 1.00 bits per heavy atom. The predicted molar refractivity (Wildman–Crippen MR) is 116 cm³/mol. The summed E-state index contributed by atoms with van der Waals surface area (Å²) in [5.74, 6) is -2.12. The fourth-order valence-corrected chi connectivity index (χ4v) is 3.51. The van der Waals surface area contributed by atoms with Crippen LogP contribution in [0.25, 0.3) is 5.82 Å². The molecule has 1 N–H and O–H groups in total. The van der Waals surface area contributed by atoms with E-state index in [1.54, 1.807) is 13.8 Å². The summed E-state index contributed by atoms with van der Waals surface area (Å²) in [5.41, 5.74) is 3.53. The zero-order valence-electron chi connectivity index (χ0n) is 19.0. The van der Waals surface area contributed by atoms with Crippen LogP contribution < -0.4 is 5.32 Å². The van der Waals surface area contributed by atoms with Gasteiger partial charge in [-0.2, -0.15) is 0 Å². The maximum absolute atomic E-state index is 12.5. The average Bonchev–Trinajstić information content (AvgIpc) is 3.02. The number of carbonyl (C=O) groups excluding carboxylic acids is 3. The molecule has 0 spiro atoms. The van der Waals surface area contributed by atoms with Crippen molar-refractivity contribution in [3.63, 3.8) is 0 Å². The van der Waals surface area contributed by atoms with Gasteiger partial charge in [-0.25, -0.2) is 4.98 Å². The van der Waals surface area contributed by atoms with E-state index in [-0.39, 0.29) is 25.5 Å². The number of amides is 1. The second-order valence-corrected chi connectivity index (χ2v) is 7.42. The highest BCUT2D eigenvalue weighted by Gasteiger charge is 2.34. The maximum atomic E-state index is 12.5. The summed E-state index contributed by atoms with van der Waals surface area (Å²) in [6.07, 6.45) is -0.0171. The number of nitrogens with one attached hydrogen (secondary N) is 1. The zero-order valence-corrected chi connectivity index (χ0v) is 19.0. The lowest BCUT2D eigenvalue weighted by atomic mass is 9.96. The summed E-state index contributed by atoms with van der Waals surface area (Å²) in [5, 5.41) is 2.82. The van der Waals surface area contributed by atoms with Crippen molar-refractivity contribution in [3.05, 3.63) is 46.9 Å². The maximum Gasteiger partial charge on any atom is 0.320 e. The van der Waals surface area contributed by atoms with Crippen LogP contribution in [0.1, 0.15) is 55.9 Å². The molecule has 0 aliphatic rings. The topological polar surface area (TPSA) is 99.5 Å². The van der Waals surface area contributed by atoms with Gasteiger partial charge in [0, 0.05) is 18.3 Å². The summed E-state index contributed by atoms with van der Waals surface area (Å²) in [7, 11) is 0. The van der Waals surface area contributed by atoms with Gasteiger partial charge in [-0.15, -0.1) is 0 Å². The largest absolute Gasteiger partial charge is 0.465 e. The number of rotatable bonds is 9. The van der Waals surface area contributed by atoms with Crippen molar-refractivity contribution in [1.82, 2.24) is 14.9 Å². The first-order valence-electron chi connectivity index (χ1n) is 10.4. The van der Waals surface area contributed by atoms with Crippen molar-refractivity contribution < 1.29 is 23.9 Å². The number of esters is 2. The molecule has 0 saturated heterocycles. The van der Waals surface area contributed by atoms with Gasteiger partial charge in [-0.05, 0) is 70.9 Å². The molecule has 0 aliphatic carbocycles. The van der Waals surface area contributed by atoms with Gasteiger partial charge < -0.3 is 19.4 Å². The highest BCUT2D eigenvalue weighted by Crippen LogP contribution is 2.25. The highest BCUT2D eigenvalue weighted by molar-refractivity contribution is 5.95. The lowest BCUT2D eigenvalue weighted by Gasteiger charge is -2.23. The van der Waals surface area contributed by atoms with Crippen molar-refractivity contribution >= 4 is 17.8 Å². The standard InChI is InChI=1S/C23H31N3O5/c1-7-30-22(28)18(23(29)31-8-2)13-20(24-17(6)27)19-11-14(3)12-21(25-19)26-15(4)9-10-16(26)5/h9-12,18,20H,7-8,13H2,1-6H3,(H,24,27). The van der Waals surface area contributed by atoms with Gasteiger partial charge in [0.1, 0.15) is 5.82 Å². The Balaban J connectivity index is 2.48. The molecule has 0 aliphatic heterocycles. The summed E-state index contributed by atoms with van der Waals surface area (Å²) >= 11 is 0. The highest BCUT2D eigenvalue weighted by atomic mass is 16.6. The molecule has 168 valence electrons. The van der Waals surface area contributed by atoms with Crippen molar-refractivity contribution in [1.29, 1.82) is 0 Å². The lowest BCUT2D eigenvalue weighted by Crippen LogP contribution is -2.35. The monoisotopic (exact) mass is 429 g/mol. The first kappa shape index (κ1) is 24.1. The lowest BCUT2D eigenvalue weighted by molar-refractivity contribution is -0.162. The third kappa shape index (κ3) is 6.16. The summed E-state index contributed by atoms with van der Waals surface area (Å²) in [6, 6.07) is 7.11. The van der Waals surface area contributed by atoms with E-state index in [0.717, 1.165) is 17.0 Å². The van der Waals surface area contributed by atoms with E-state index in [2.05, 4.69) is 5.32 Å². The van der Waals surface area contributed by atoms with Crippen LogP contribution in [0.15, 0.2) is 24.3 Å². The van der Waals surface area contributed by atoms with Gasteiger partial charge in [0.2, 0.25) is 5.91 Å². The minimum atomic E-state index is -1.17. The van der Waals surface area contributed by atoms with Crippen molar-refractivity contribution in [3.8, 4) is 5.82 Å². The van der Waals surface area contributed by atoms with E-state index in [1.807, 2.05) is 49.6 Å². The molecule has 2 aromatic rings. The van der Waals surface area contributed by atoms with Crippen LogP contribution in [0.5, 0.6) is 0 Å². The molecule has 2 heterocycles. The van der Waals surface area contributed by atoms with Crippen LogP contribution in [-0.2, 0) is 23.9 Å². The van der Waals surface area contributed by atoms with Gasteiger partial charge >= 0.3 is 11.9 Å². The molecule has 8 nitrogen and oxygen atoms in total. The molecule has 0 radical (unpaired) electrons. The molecule has 8 heteroatoms. The minimum absolute atomic E-state index is 0.0171. The van der Waals surface area contributed by atoms with Crippen LogP contribution in [0.2, 0.25) is 0 Å². The van der Waals surface area contributed by atoms with Gasteiger partial charge in [-0.1, -0.05) is 0 Å². The number of pyridine rings is 1. The molecule has 1 amide bonds. The number of nitrogens with zero attached hydrogens (tertiary/aromatic N) is 2. The van der Waals surface area contributed by atoms with Gasteiger partial charge in [-0.3, -0.25) is 14.4 Å². The van der Waals surface area contributed by atoms with Crippen LogP contribution >= 0.6 is 0 Å². The van der Waals surface area contributed by atoms with Gasteiger partial charge in [0.05, 0.1) is 24.9 Å². The molecule has 2 rings (SSSR count). The minimum Gasteiger partial charge on any atom is -0.465 e. The first-order valence-corrected chi connectivity index (χ1v) is 10.4. The number of aryl methyl sites for hydroxylation is 3. The Kier molecular flexibility index (Phi) is 8.36. The normalized spacial score (nSPS) is 11.8. The number of aromatic nitrogens is 2.